The fourth-order valence-corrected chi connectivity index (χ4v) is 4.24. The number of carbonyl (C=O) groups is 1. The van der Waals surface area contributed by atoms with Gasteiger partial charge in [0, 0.05) is 11.4 Å². The predicted molar refractivity (Wildman–Crippen MR) is 120 cm³/mol. The van der Waals surface area contributed by atoms with Crippen LogP contribution in [-0.4, -0.2) is 30.5 Å². The number of aromatic nitrogens is 4. The van der Waals surface area contributed by atoms with Gasteiger partial charge in [0.25, 0.3) is 11.1 Å². The Morgan fingerprint density at radius 1 is 0.750 bits per heavy atom. The Kier molecular flexibility index (Phi) is 4.37. The fourth-order valence-electron chi connectivity index (χ4n) is 4.24. The lowest BCUT2D eigenvalue weighted by Gasteiger charge is -2.26. The van der Waals surface area contributed by atoms with Crippen LogP contribution in [-0.2, 0) is 4.79 Å². The molecule has 32 heavy (non-hydrogen) atoms. The minimum Gasteiger partial charge on any atom is -0.510 e. The van der Waals surface area contributed by atoms with Crippen LogP contribution in [0.1, 0.15) is 28.4 Å². The molecule has 5 rings (SSSR count). The largest absolute Gasteiger partial charge is 0.510 e. The van der Waals surface area contributed by atoms with E-state index in [1.165, 1.54) is 9.36 Å². The van der Waals surface area contributed by atoms with E-state index >= 15 is 0 Å². The Labute approximate surface area is 182 Å². The zero-order chi connectivity index (χ0) is 22.6. The zero-order valence-corrected chi connectivity index (χ0v) is 17.4. The summed E-state index contributed by atoms with van der Waals surface area (Å²) in [6.45, 7) is 3.35. The molecule has 0 saturated heterocycles. The highest BCUT2D eigenvalue weighted by Gasteiger charge is 2.46. The normalized spacial score (nSPS) is 15.8. The lowest BCUT2D eigenvalue weighted by molar-refractivity contribution is -0.116. The summed E-state index contributed by atoms with van der Waals surface area (Å²) in [4.78, 5) is 39.2. The van der Waals surface area contributed by atoms with Gasteiger partial charge < -0.3 is 5.11 Å². The van der Waals surface area contributed by atoms with E-state index in [1.807, 2.05) is 12.1 Å². The van der Waals surface area contributed by atoms with Crippen LogP contribution in [0.25, 0.3) is 16.9 Å². The molecule has 0 saturated carbocycles. The van der Waals surface area contributed by atoms with E-state index < -0.39 is 22.8 Å². The van der Waals surface area contributed by atoms with Crippen LogP contribution in [0.5, 0.6) is 0 Å². The molecular weight excluding hydrogens is 408 g/mol. The first kappa shape index (κ1) is 19.6. The number of allylic oxidation sites excluding steroid dienone is 2. The van der Waals surface area contributed by atoms with E-state index in [1.54, 1.807) is 62.4 Å². The van der Waals surface area contributed by atoms with Crippen molar-refractivity contribution in [2.45, 2.75) is 19.8 Å². The van der Waals surface area contributed by atoms with Crippen molar-refractivity contribution in [3.05, 3.63) is 110 Å². The van der Waals surface area contributed by atoms with E-state index in [4.69, 9.17) is 0 Å². The van der Waals surface area contributed by atoms with Crippen molar-refractivity contribution in [1.82, 2.24) is 19.6 Å². The van der Waals surface area contributed by atoms with Gasteiger partial charge in [-0.3, -0.25) is 24.6 Å². The highest BCUT2D eigenvalue weighted by atomic mass is 16.3. The molecule has 0 amide bonds. The molecular formula is C24H20N4O4. The Morgan fingerprint density at radius 2 is 1.25 bits per heavy atom. The van der Waals surface area contributed by atoms with Gasteiger partial charge in [-0.25, -0.2) is 9.36 Å². The van der Waals surface area contributed by atoms with Crippen LogP contribution >= 0.6 is 0 Å². The number of aryl methyl sites for hydroxylation is 2. The van der Waals surface area contributed by atoms with E-state index in [0.717, 1.165) is 0 Å². The molecule has 0 spiro atoms. The highest BCUT2D eigenvalue weighted by molar-refractivity contribution is 6.32. The average molecular weight is 428 g/mol. The number of aromatic amines is 2. The van der Waals surface area contributed by atoms with E-state index in [-0.39, 0.29) is 22.5 Å². The van der Waals surface area contributed by atoms with Crippen molar-refractivity contribution >= 4 is 11.4 Å². The molecule has 0 radical (unpaired) electrons. The number of hydrogen-bond donors (Lipinski definition) is 3. The van der Waals surface area contributed by atoms with Gasteiger partial charge >= 0.3 is 0 Å². The van der Waals surface area contributed by atoms with Crippen LogP contribution in [0.2, 0.25) is 0 Å². The molecule has 160 valence electrons. The number of H-pyrrole nitrogens is 2. The van der Waals surface area contributed by atoms with Crippen molar-refractivity contribution in [3.8, 4) is 11.4 Å². The Morgan fingerprint density at radius 3 is 1.78 bits per heavy atom. The van der Waals surface area contributed by atoms with Crippen LogP contribution in [0, 0.1) is 13.8 Å². The van der Waals surface area contributed by atoms with E-state index in [2.05, 4.69) is 10.2 Å². The van der Waals surface area contributed by atoms with Crippen molar-refractivity contribution in [1.29, 1.82) is 0 Å². The molecule has 1 atom stereocenters. The average Bonchev–Trinajstić information content (AvgIpc) is 3.26. The third-order valence-corrected chi connectivity index (χ3v) is 5.79. The lowest BCUT2D eigenvalue weighted by atomic mass is 9.75. The number of Topliss-reactive ketones (excluding diaryl/α,β-unsaturated/α-hetero) is 1. The minimum atomic E-state index is -1.10. The second-order valence-corrected chi connectivity index (χ2v) is 7.77. The maximum atomic E-state index is 13.1. The molecule has 0 bridgehead atoms. The Hall–Kier alpha value is -4.33. The molecule has 1 aliphatic carbocycles. The van der Waals surface area contributed by atoms with Crippen LogP contribution < -0.4 is 11.1 Å². The first-order chi connectivity index (χ1) is 15.4. The summed E-state index contributed by atoms with van der Waals surface area (Å²) in [5.41, 5.74) is 1.57. The van der Waals surface area contributed by atoms with Gasteiger partial charge in [0.15, 0.2) is 5.78 Å². The van der Waals surface area contributed by atoms with Crippen molar-refractivity contribution in [2.75, 3.05) is 0 Å². The summed E-state index contributed by atoms with van der Waals surface area (Å²) in [7, 11) is 0. The van der Waals surface area contributed by atoms with Gasteiger partial charge in [-0.15, -0.1) is 0 Å². The molecule has 0 aliphatic heterocycles. The first-order valence-electron chi connectivity index (χ1n) is 10.1. The number of ketones is 1. The summed E-state index contributed by atoms with van der Waals surface area (Å²) in [6, 6.07) is 17.9. The smallest absolute Gasteiger partial charge is 0.279 e. The summed E-state index contributed by atoms with van der Waals surface area (Å²) in [6.07, 6.45) is 0. The van der Waals surface area contributed by atoms with Gasteiger partial charge in [-0.2, -0.15) is 0 Å². The molecule has 8 nitrogen and oxygen atoms in total. The second kappa shape index (κ2) is 7.12. The van der Waals surface area contributed by atoms with Crippen molar-refractivity contribution in [2.24, 2.45) is 0 Å². The summed E-state index contributed by atoms with van der Waals surface area (Å²) < 4.78 is 2.67. The topological polar surface area (TPSA) is 113 Å². The van der Waals surface area contributed by atoms with Gasteiger partial charge in [-0.1, -0.05) is 36.4 Å². The van der Waals surface area contributed by atoms with Crippen molar-refractivity contribution < 1.29 is 9.90 Å². The van der Waals surface area contributed by atoms with Crippen LogP contribution in [0.15, 0.2) is 76.0 Å². The molecule has 2 heterocycles. The van der Waals surface area contributed by atoms with E-state index in [9.17, 15) is 19.5 Å². The third-order valence-electron chi connectivity index (χ3n) is 5.79. The van der Waals surface area contributed by atoms with Crippen molar-refractivity contribution in [3.63, 3.8) is 0 Å². The van der Waals surface area contributed by atoms with Crippen LogP contribution in [0.4, 0.5) is 0 Å². The minimum absolute atomic E-state index is 0.0466. The highest BCUT2D eigenvalue weighted by Crippen LogP contribution is 2.42. The van der Waals surface area contributed by atoms with Gasteiger partial charge in [0.2, 0.25) is 0 Å². The number of nitrogens with zero attached hydrogens (tertiary/aromatic N) is 2. The Bertz CT molecular complexity index is 1500. The quantitative estimate of drug-likeness (QED) is 0.464. The first-order valence-corrected chi connectivity index (χ1v) is 10.1. The molecule has 0 fully saturated rings. The van der Waals surface area contributed by atoms with E-state index in [0.29, 0.717) is 22.8 Å². The zero-order valence-electron chi connectivity index (χ0n) is 17.4. The number of carbonyl (C=O) groups excluding carboxylic acids is 1. The monoisotopic (exact) mass is 428 g/mol. The van der Waals surface area contributed by atoms with Crippen LogP contribution in [0.3, 0.4) is 0 Å². The van der Waals surface area contributed by atoms with Gasteiger partial charge in [0.1, 0.15) is 11.7 Å². The predicted octanol–water partition coefficient (Wildman–Crippen LogP) is 2.90. The molecule has 8 heteroatoms. The molecule has 1 unspecified atom stereocenters. The number of aliphatic hydroxyl groups excluding tert-OH is 1. The second-order valence-electron chi connectivity index (χ2n) is 7.77. The SMILES string of the molecule is Cc1[nH]n(-c2ccccc2)c(=O)c1C1=C(O)C(c2c(C)[nH]n(-c3ccccc3)c2=O)C1=O. The number of hydrogen-bond acceptors (Lipinski definition) is 4. The van der Waals surface area contributed by atoms with Gasteiger partial charge in [-0.05, 0) is 38.1 Å². The summed E-state index contributed by atoms with van der Waals surface area (Å²) in [5.74, 6) is -1.83. The number of benzene rings is 2. The molecule has 1 aliphatic rings. The molecule has 4 aromatic rings. The lowest BCUT2D eigenvalue weighted by Crippen LogP contribution is -2.35. The summed E-state index contributed by atoms with van der Waals surface area (Å²) in [5, 5.41) is 16.8. The molecule has 2 aromatic carbocycles. The molecule has 3 N–H and O–H groups in total. The number of aliphatic hydroxyl groups is 1. The Balaban J connectivity index is 1.60. The fraction of sp³-hybridized carbons (Fsp3) is 0.125. The summed E-state index contributed by atoms with van der Waals surface area (Å²) >= 11 is 0. The standard InChI is InChI=1S/C24H20N4O4/c1-13-17(23(31)27(25-13)15-9-5-3-6-10-15)19-21(29)20(22(19)30)18-14(2)26-28(24(18)32)16-11-7-4-8-12-16/h3-12,19,25-26,29H,1-2H3. The third kappa shape index (κ3) is 2.73. The number of nitrogens with one attached hydrogen (secondary N) is 2. The maximum absolute atomic E-state index is 13.1. The van der Waals surface area contributed by atoms with Gasteiger partial charge in [0.05, 0.1) is 28.1 Å². The molecule has 2 aromatic heterocycles. The number of para-hydroxylation sites is 2. The maximum Gasteiger partial charge on any atom is 0.279 e. The number of rotatable bonds is 4.